The second kappa shape index (κ2) is 9.61. The smallest absolute Gasteiger partial charge is 0.275 e. The van der Waals surface area contributed by atoms with Crippen molar-refractivity contribution in [3.8, 4) is 17.2 Å². The van der Waals surface area contributed by atoms with Gasteiger partial charge in [-0.25, -0.2) is 5.43 Å². The molecule has 3 N–H and O–H groups in total. The summed E-state index contributed by atoms with van der Waals surface area (Å²) in [7, 11) is 3.01. The Hall–Kier alpha value is -3.26. The van der Waals surface area contributed by atoms with Crippen molar-refractivity contribution in [2.45, 2.75) is 13.3 Å². The minimum atomic E-state index is -0.644. The molecule has 0 atom stereocenters. The number of amides is 2. The maximum Gasteiger partial charge on any atom is 0.275 e. The molecule has 0 fully saturated rings. The van der Waals surface area contributed by atoms with Crippen molar-refractivity contribution in [3.05, 3.63) is 47.0 Å². The van der Waals surface area contributed by atoms with Crippen LogP contribution in [-0.2, 0) is 4.79 Å². The molecule has 0 heterocycles. The maximum absolute atomic E-state index is 12.2. The first kappa shape index (κ1) is 21.0. The average Bonchev–Trinajstić information content (AvgIpc) is 2.67. The van der Waals surface area contributed by atoms with E-state index in [0.717, 1.165) is 0 Å². The number of carbonyl (C=O) groups is 2. The van der Waals surface area contributed by atoms with E-state index in [2.05, 4.69) is 15.8 Å². The van der Waals surface area contributed by atoms with E-state index in [1.165, 1.54) is 32.4 Å². The lowest BCUT2D eigenvalue weighted by Gasteiger charge is -2.11. The molecule has 2 amide bonds. The molecular weight excluding hydrogens is 386 g/mol. The number of ether oxygens (including phenoxy) is 2. The van der Waals surface area contributed by atoms with Gasteiger partial charge in [-0.2, -0.15) is 5.10 Å². The predicted molar refractivity (Wildman–Crippen MR) is 106 cm³/mol. The molecule has 2 aromatic rings. The van der Waals surface area contributed by atoms with Gasteiger partial charge in [0.15, 0.2) is 0 Å². The molecule has 0 saturated heterocycles. The standard InChI is InChI=1S/C19H20ClN3O5/c1-11(22-23-19(26)14-9-12(20)4-6-16(14)24)8-18(25)21-15-10-13(27-2)5-7-17(15)28-3/h4-7,9-10,24H,8H2,1-3H3,(H,21,25)(H,23,26)/b22-11+. The van der Waals surface area contributed by atoms with Crippen LogP contribution in [0.2, 0.25) is 5.02 Å². The van der Waals surface area contributed by atoms with Gasteiger partial charge in [0.1, 0.15) is 17.2 Å². The van der Waals surface area contributed by atoms with Gasteiger partial charge in [0.25, 0.3) is 5.91 Å². The van der Waals surface area contributed by atoms with Gasteiger partial charge in [0, 0.05) is 16.8 Å². The van der Waals surface area contributed by atoms with Gasteiger partial charge >= 0.3 is 0 Å². The summed E-state index contributed by atoms with van der Waals surface area (Å²) in [5.41, 5.74) is 3.07. The molecule has 9 heteroatoms. The Kier molecular flexibility index (Phi) is 7.22. The quantitative estimate of drug-likeness (QED) is 0.484. The van der Waals surface area contributed by atoms with E-state index in [0.29, 0.717) is 27.9 Å². The van der Waals surface area contributed by atoms with Crippen LogP contribution < -0.4 is 20.2 Å². The maximum atomic E-state index is 12.2. The molecule has 28 heavy (non-hydrogen) atoms. The number of hydrogen-bond donors (Lipinski definition) is 3. The fourth-order valence-corrected chi connectivity index (χ4v) is 2.45. The van der Waals surface area contributed by atoms with Crippen LogP contribution in [0.15, 0.2) is 41.5 Å². The lowest BCUT2D eigenvalue weighted by molar-refractivity contribution is -0.115. The predicted octanol–water partition coefficient (Wildman–Crippen LogP) is 3.20. The third kappa shape index (κ3) is 5.62. The first-order valence-corrected chi connectivity index (χ1v) is 8.55. The molecule has 0 saturated carbocycles. The van der Waals surface area contributed by atoms with Crippen LogP contribution in [0.5, 0.6) is 17.2 Å². The Labute approximate surface area is 167 Å². The molecule has 8 nitrogen and oxygen atoms in total. The van der Waals surface area contributed by atoms with Crippen LogP contribution in [0.25, 0.3) is 0 Å². The van der Waals surface area contributed by atoms with Gasteiger partial charge < -0.3 is 19.9 Å². The fraction of sp³-hybridized carbons (Fsp3) is 0.211. The summed E-state index contributed by atoms with van der Waals surface area (Å²) < 4.78 is 10.3. The number of halogens is 1. The number of phenolic OH excluding ortho intramolecular Hbond substituents is 1. The largest absolute Gasteiger partial charge is 0.507 e. The molecule has 0 aliphatic heterocycles. The second-order valence-corrected chi connectivity index (χ2v) is 6.18. The topological polar surface area (TPSA) is 109 Å². The van der Waals surface area contributed by atoms with E-state index in [9.17, 15) is 14.7 Å². The van der Waals surface area contributed by atoms with E-state index in [1.54, 1.807) is 25.1 Å². The van der Waals surface area contributed by atoms with Crippen molar-refractivity contribution in [3.63, 3.8) is 0 Å². The Morgan fingerprint density at radius 3 is 2.57 bits per heavy atom. The van der Waals surface area contributed by atoms with Gasteiger partial charge in [-0.3, -0.25) is 9.59 Å². The Morgan fingerprint density at radius 2 is 1.89 bits per heavy atom. The van der Waals surface area contributed by atoms with Crippen LogP contribution >= 0.6 is 11.6 Å². The molecule has 148 valence electrons. The van der Waals surface area contributed by atoms with E-state index in [-0.39, 0.29) is 23.6 Å². The van der Waals surface area contributed by atoms with Crippen molar-refractivity contribution in [1.82, 2.24) is 5.43 Å². The number of aromatic hydroxyl groups is 1. The van der Waals surface area contributed by atoms with Crippen molar-refractivity contribution >= 4 is 34.8 Å². The number of carbonyl (C=O) groups excluding carboxylic acids is 2. The van der Waals surface area contributed by atoms with Gasteiger partial charge in [0.2, 0.25) is 5.91 Å². The molecule has 0 unspecified atom stereocenters. The molecule has 0 radical (unpaired) electrons. The summed E-state index contributed by atoms with van der Waals surface area (Å²) in [5.74, 6) is -0.178. The Morgan fingerprint density at radius 1 is 1.14 bits per heavy atom. The highest BCUT2D eigenvalue weighted by Gasteiger charge is 2.13. The van der Waals surface area contributed by atoms with Crippen LogP contribution in [0.1, 0.15) is 23.7 Å². The summed E-state index contributed by atoms with van der Waals surface area (Å²) in [4.78, 5) is 24.3. The summed E-state index contributed by atoms with van der Waals surface area (Å²) in [6, 6.07) is 9.10. The molecule has 2 rings (SSSR count). The Bertz CT molecular complexity index is 914. The zero-order valence-corrected chi connectivity index (χ0v) is 16.3. The third-order valence-electron chi connectivity index (χ3n) is 3.65. The summed E-state index contributed by atoms with van der Waals surface area (Å²) in [6.45, 7) is 1.58. The lowest BCUT2D eigenvalue weighted by atomic mass is 10.2. The number of benzene rings is 2. The third-order valence-corrected chi connectivity index (χ3v) is 3.88. The van der Waals surface area contributed by atoms with Gasteiger partial charge in [0.05, 0.1) is 31.9 Å². The average molecular weight is 406 g/mol. The van der Waals surface area contributed by atoms with Crippen molar-refractivity contribution < 1.29 is 24.2 Å². The molecule has 0 aromatic heterocycles. The molecule has 0 aliphatic carbocycles. The van der Waals surface area contributed by atoms with E-state index in [4.69, 9.17) is 21.1 Å². The van der Waals surface area contributed by atoms with Crippen LogP contribution in [-0.4, -0.2) is 36.9 Å². The monoisotopic (exact) mass is 405 g/mol. The molecular formula is C19H20ClN3O5. The number of hydrazone groups is 1. The lowest BCUT2D eigenvalue weighted by Crippen LogP contribution is -2.21. The first-order chi connectivity index (χ1) is 13.3. The number of nitrogens with zero attached hydrogens (tertiary/aromatic N) is 1. The number of nitrogens with one attached hydrogen (secondary N) is 2. The molecule has 0 spiro atoms. The first-order valence-electron chi connectivity index (χ1n) is 8.18. The van der Waals surface area contributed by atoms with Crippen LogP contribution in [0.3, 0.4) is 0 Å². The van der Waals surface area contributed by atoms with Crippen LogP contribution in [0.4, 0.5) is 5.69 Å². The minimum absolute atomic E-state index is 0.0189. The normalized spacial score (nSPS) is 10.9. The van der Waals surface area contributed by atoms with Gasteiger partial charge in [-0.1, -0.05) is 11.6 Å². The van der Waals surface area contributed by atoms with Crippen molar-refractivity contribution in [1.29, 1.82) is 0 Å². The van der Waals surface area contributed by atoms with Crippen molar-refractivity contribution in [2.24, 2.45) is 5.10 Å². The summed E-state index contributed by atoms with van der Waals surface area (Å²) in [5, 5.41) is 16.6. The minimum Gasteiger partial charge on any atom is -0.507 e. The molecule has 2 aromatic carbocycles. The molecule has 0 bridgehead atoms. The highest BCUT2D eigenvalue weighted by molar-refractivity contribution is 6.31. The highest BCUT2D eigenvalue weighted by Crippen LogP contribution is 2.29. The van der Waals surface area contributed by atoms with Crippen LogP contribution in [0, 0.1) is 0 Å². The zero-order chi connectivity index (χ0) is 20.7. The van der Waals surface area contributed by atoms with Gasteiger partial charge in [-0.15, -0.1) is 0 Å². The van der Waals surface area contributed by atoms with E-state index >= 15 is 0 Å². The Balaban J connectivity index is 2.00. The SMILES string of the molecule is COc1ccc(OC)c(NC(=O)C/C(C)=N/NC(=O)c2cc(Cl)ccc2O)c1. The number of methoxy groups -OCH3 is 2. The number of phenols is 1. The zero-order valence-electron chi connectivity index (χ0n) is 15.6. The summed E-state index contributed by atoms with van der Waals surface area (Å²) in [6.07, 6.45) is -0.0673. The number of hydrogen-bond acceptors (Lipinski definition) is 6. The second-order valence-electron chi connectivity index (χ2n) is 5.74. The van der Waals surface area contributed by atoms with E-state index < -0.39 is 5.91 Å². The number of anilines is 1. The van der Waals surface area contributed by atoms with E-state index in [1.807, 2.05) is 0 Å². The highest BCUT2D eigenvalue weighted by atomic mass is 35.5. The summed E-state index contributed by atoms with van der Waals surface area (Å²) >= 11 is 5.82. The number of rotatable bonds is 7. The fourth-order valence-electron chi connectivity index (χ4n) is 2.27. The van der Waals surface area contributed by atoms with Crippen molar-refractivity contribution in [2.75, 3.05) is 19.5 Å². The molecule has 0 aliphatic rings. The van der Waals surface area contributed by atoms with Gasteiger partial charge in [-0.05, 0) is 37.3 Å².